The molecule has 2 heterocycles. The molecular formula is C20H22ClFN4O. The number of amidine groups is 1. The first-order valence-corrected chi connectivity index (χ1v) is 9.08. The SMILES string of the molecule is CC(C)(C)CN=C1Cc2c(/C(Cc3ccc(F)c(Cl)c3)=N/O)ccnc2N1. The molecule has 2 N–H and O–H groups in total. The van der Waals surface area contributed by atoms with Crippen molar-refractivity contribution in [3.63, 3.8) is 0 Å². The number of halogens is 2. The zero-order chi connectivity index (χ0) is 19.6. The zero-order valence-corrected chi connectivity index (χ0v) is 16.3. The summed E-state index contributed by atoms with van der Waals surface area (Å²) in [5.41, 5.74) is 3.05. The number of hydrogen-bond acceptors (Lipinski definition) is 4. The third-order valence-corrected chi connectivity index (χ3v) is 4.48. The van der Waals surface area contributed by atoms with Gasteiger partial charge in [0.1, 0.15) is 17.5 Å². The summed E-state index contributed by atoms with van der Waals surface area (Å²) in [4.78, 5) is 9.01. The molecule has 1 aliphatic rings. The molecule has 0 spiro atoms. The summed E-state index contributed by atoms with van der Waals surface area (Å²) in [6.07, 6.45) is 2.58. The normalized spacial score (nSPS) is 15.7. The summed E-state index contributed by atoms with van der Waals surface area (Å²) < 4.78 is 13.4. The van der Waals surface area contributed by atoms with Gasteiger partial charge in [0.05, 0.1) is 10.7 Å². The van der Waals surface area contributed by atoms with Gasteiger partial charge < -0.3 is 10.5 Å². The quantitative estimate of drug-likeness (QED) is 0.452. The molecule has 0 saturated carbocycles. The first kappa shape index (κ1) is 19.3. The number of hydrogen-bond donors (Lipinski definition) is 2. The van der Waals surface area contributed by atoms with Gasteiger partial charge in [0.2, 0.25) is 0 Å². The van der Waals surface area contributed by atoms with E-state index in [0.717, 1.165) is 28.3 Å². The molecule has 1 aliphatic heterocycles. The topological polar surface area (TPSA) is 69.9 Å². The fourth-order valence-corrected chi connectivity index (χ4v) is 3.06. The number of nitrogens with zero attached hydrogens (tertiary/aromatic N) is 3. The maximum atomic E-state index is 13.4. The molecule has 0 aliphatic carbocycles. The Bertz CT molecular complexity index is 919. The maximum absolute atomic E-state index is 13.4. The van der Waals surface area contributed by atoms with Crippen molar-refractivity contribution < 1.29 is 9.60 Å². The molecule has 3 rings (SSSR count). The molecular weight excluding hydrogens is 367 g/mol. The molecule has 2 aromatic rings. The maximum Gasteiger partial charge on any atom is 0.141 e. The van der Waals surface area contributed by atoms with Gasteiger partial charge in [-0.25, -0.2) is 9.37 Å². The van der Waals surface area contributed by atoms with Crippen LogP contribution in [0, 0.1) is 11.2 Å². The summed E-state index contributed by atoms with van der Waals surface area (Å²) in [6.45, 7) is 7.10. The zero-order valence-electron chi connectivity index (χ0n) is 15.6. The molecule has 0 atom stereocenters. The van der Waals surface area contributed by atoms with E-state index in [2.05, 4.69) is 41.2 Å². The second-order valence-corrected chi connectivity index (χ2v) is 8.19. The number of aromatic nitrogens is 1. The Hall–Kier alpha value is -2.47. The second-order valence-electron chi connectivity index (χ2n) is 7.78. The van der Waals surface area contributed by atoms with Crippen LogP contribution in [0.2, 0.25) is 5.02 Å². The van der Waals surface area contributed by atoms with Gasteiger partial charge in [-0.15, -0.1) is 0 Å². The lowest BCUT2D eigenvalue weighted by atomic mass is 9.97. The van der Waals surface area contributed by atoms with Crippen molar-refractivity contribution >= 4 is 29.0 Å². The van der Waals surface area contributed by atoms with Crippen LogP contribution < -0.4 is 5.32 Å². The van der Waals surface area contributed by atoms with Gasteiger partial charge in [0, 0.05) is 36.7 Å². The van der Waals surface area contributed by atoms with Crippen LogP contribution in [0.4, 0.5) is 10.2 Å². The van der Waals surface area contributed by atoms with Crippen molar-refractivity contribution in [1.29, 1.82) is 0 Å². The van der Waals surface area contributed by atoms with E-state index in [4.69, 9.17) is 11.6 Å². The van der Waals surface area contributed by atoms with Gasteiger partial charge in [-0.05, 0) is 29.2 Å². The fourth-order valence-electron chi connectivity index (χ4n) is 2.85. The van der Waals surface area contributed by atoms with E-state index in [1.54, 1.807) is 12.3 Å². The largest absolute Gasteiger partial charge is 0.411 e. The third-order valence-electron chi connectivity index (χ3n) is 4.19. The Labute approximate surface area is 163 Å². The predicted octanol–water partition coefficient (Wildman–Crippen LogP) is 4.71. The number of pyridine rings is 1. The number of anilines is 1. The van der Waals surface area contributed by atoms with Crippen LogP contribution in [0.15, 0.2) is 40.6 Å². The van der Waals surface area contributed by atoms with E-state index in [1.165, 1.54) is 12.1 Å². The molecule has 0 bridgehead atoms. The number of oxime groups is 1. The highest BCUT2D eigenvalue weighted by molar-refractivity contribution is 6.30. The van der Waals surface area contributed by atoms with Crippen LogP contribution >= 0.6 is 11.6 Å². The van der Waals surface area contributed by atoms with Crippen molar-refractivity contribution in [2.45, 2.75) is 33.6 Å². The Morgan fingerprint density at radius 1 is 1.33 bits per heavy atom. The molecule has 142 valence electrons. The van der Waals surface area contributed by atoms with Crippen molar-refractivity contribution in [3.8, 4) is 0 Å². The van der Waals surface area contributed by atoms with Crippen LogP contribution in [0.3, 0.4) is 0 Å². The highest BCUT2D eigenvalue weighted by Crippen LogP contribution is 2.27. The Balaban J connectivity index is 1.86. The first-order chi connectivity index (χ1) is 12.8. The van der Waals surface area contributed by atoms with Gasteiger partial charge in [-0.3, -0.25) is 4.99 Å². The van der Waals surface area contributed by atoms with Crippen LogP contribution in [-0.4, -0.2) is 28.3 Å². The van der Waals surface area contributed by atoms with Gasteiger partial charge in [0.25, 0.3) is 0 Å². The minimum Gasteiger partial charge on any atom is -0.411 e. The van der Waals surface area contributed by atoms with E-state index >= 15 is 0 Å². The van der Waals surface area contributed by atoms with Crippen molar-refractivity contribution in [1.82, 2.24) is 4.98 Å². The Kier molecular flexibility index (Phi) is 5.46. The lowest BCUT2D eigenvalue weighted by Gasteiger charge is -2.14. The molecule has 5 nitrogen and oxygen atoms in total. The monoisotopic (exact) mass is 388 g/mol. The Morgan fingerprint density at radius 3 is 2.78 bits per heavy atom. The lowest BCUT2D eigenvalue weighted by Crippen LogP contribution is -2.15. The van der Waals surface area contributed by atoms with Gasteiger partial charge in [-0.1, -0.05) is 43.6 Å². The van der Waals surface area contributed by atoms with Crippen LogP contribution in [-0.2, 0) is 12.8 Å². The average Bonchev–Trinajstić information content (AvgIpc) is 3.03. The van der Waals surface area contributed by atoms with Crippen molar-refractivity contribution in [2.24, 2.45) is 15.6 Å². The fraction of sp³-hybridized carbons (Fsp3) is 0.350. The van der Waals surface area contributed by atoms with Crippen LogP contribution in [0.25, 0.3) is 0 Å². The molecule has 0 radical (unpaired) electrons. The van der Waals surface area contributed by atoms with Crippen LogP contribution in [0.1, 0.15) is 37.5 Å². The van der Waals surface area contributed by atoms with Gasteiger partial charge in [0.15, 0.2) is 0 Å². The van der Waals surface area contributed by atoms with E-state index in [-0.39, 0.29) is 10.4 Å². The van der Waals surface area contributed by atoms with Crippen LogP contribution in [0.5, 0.6) is 0 Å². The number of benzene rings is 1. The highest BCUT2D eigenvalue weighted by atomic mass is 35.5. The summed E-state index contributed by atoms with van der Waals surface area (Å²) in [7, 11) is 0. The highest BCUT2D eigenvalue weighted by Gasteiger charge is 2.24. The predicted molar refractivity (Wildman–Crippen MR) is 107 cm³/mol. The molecule has 1 aromatic heterocycles. The standard InChI is InChI=1S/C20H22ClFN4O/c1-20(2,3)11-24-18-10-14-13(6-7-23-19(14)25-18)17(26-27)9-12-4-5-16(22)15(21)8-12/h4-8,27H,9-11H2,1-3H3,(H,23,24,25)/b26-17+. The van der Waals surface area contributed by atoms with Gasteiger partial charge in [-0.2, -0.15) is 0 Å². The minimum absolute atomic E-state index is 0.0445. The molecule has 0 unspecified atom stereocenters. The number of nitrogens with one attached hydrogen (secondary N) is 1. The number of rotatable bonds is 4. The number of fused-ring (bicyclic) bond motifs is 1. The van der Waals surface area contributed by atoms with E-state index in [0.29, 0.717) is 25.1 Å². The average molecular weight is 389 g/mol. The van der Waals surface area contributed by atoms with E-state index in [9.17, 15) is 9.60 Å². The number of aliphatic imine (C=N–C) groups is 1. The molecule has 7 heteroatoms. The second kappa shape index (κ2) is 7.64. The molecule has 27 heavy (non-hydrogen) atoms. The lowest BCUT2D eigenvalue weighted by molar-refractivity contribution is 0.318. The minimum atomic E-state index is -0.475. The van der Waals surface area contributed by atoms with E-state index in [1.807, 2.05) is 6.07 Å². The first-order valence-electron chi connectivity index (χ1n) is 8.70. The Morgan fingerprint density at radius 2 is 2.11 bits per heavy atom. The molecule has 1 aromatic carbocycles. The smallest absolute Gasteiger partial charge is 0.141 e. The van der Waals surface area contributed by atoms with E-state index < -0.39 is 5.82 Å². The molecule has 0 amide bonds. The molecule has 0 saturated heterocycles. The van der Waals surface area contributed by atoms with Crippen molar-refractivity contribution in [3.05, 3.63) is 58.0 Å². The van der Waals surface area contributed by atoms with Gasteiger partial charge >= 0.3 is 0 Å². The summed E-state index contributed by atoms with van der Waals surface area (Å²) >= 11 is 5.86. The van der Waals surface area contributed by atoms with Crippen molar-refractivity contribution in [2.75, 3.05) is 11.9 Å². The summed E-state index contributed by atoms with van der Waals surface area (Å²) in [5.74, 6) is 1.09. The third kappa shape index (κ3) is 4.63. The summed E-state index contributed by atoms with van der Waals surface area (Å²) in [5, 5.41) is 16.3. The molecule has 0 fully saturated rings. The summed E-state index contributed by atoms with van der Waals surface area (Å²) in [6, 6.07) is 6.29.